The number of ether oxygens (including phenoxy) is 2. The van der Waals surface area contributed by atoms with Crippen LogP contribution in [0.15, 0.2) is 36.4 Å². The Morgan fingerprint density at radius 2 is 2.10 bits per heavy atom. The molecule has 5 nitrogen and oxygen atoms in total. The predicted molar refractivity (Wildman–Crippen MR) is 117 cm³/mol. The van der Waals surface area contributed by atoms with Crippen LogP contribution in [0.1, 0.15) is 24.0 Å². The summed E-state index contributed by atoms with van der Waals surface area (Å²) < 4.78 is 12.0. The molecule has 152 valence electrons. The van der Waals surface area contributed by atoms with Crippen LogP contribution in [-0.2, 0) is 16.0 Å². The lowest BCUT2D eigenvalue weighted by atomic mass is 10.1. The Hall–Kier alpha value is -2.15. The zero-order valence-electron chi connectivity index (χ0n) is 16.5. The van der Waals surface area contributed by atoms with Crippen LogP contribution in [-0.4, -0.2) is 37.3 Å². The van der Waals surface area contributed by atoms with Crippen molar-refractivity contribution in [1.82, 2.24) is 4.98 Å². The van der Waals surface area contributed by atoms with E-state index in [1.807, 2.05) is 43.3 Å². The first kappa shape index (κ1) is 20.1. The van der Waals surface area contributed by atoms with Crippen molar-refractivity contribution in [1.29, 1.82) is 0 Å². The molecule has 0 N–H and O–H groups in total. The van der Waals surface area contributed by atoms with E-state index in [0.29, 0.717) is 23.1 Å². The third-order valence-electron chi connectivity index (χ3n) is 5.19. The molecule has 1 saturated heterocycles. The van der Waals surface area contributed by atoms with Crippen LogP contribution in [0, 0.1) is 6.92 Å². The molecule has 1 aliphatic rings. The molecule has 1 amide bonds. The van der Waals surface area contributed by atoms with E-state index in [2.05, 4.69) is 0 Å². The fourth-order valence-electron chi connectivity index (χ4n) is 3.50. The molecule has 1 aliphatic heterocycles. The Bertz CT molecular complexity index is 1010. The van der Waals surface area contributed by atoms with Crippen LogP contribution >= 0.6 is 22.9 Å². The average Bonchev–Trinajstić information content (AvgIpc) is 3.39. The monoisotopic (exact) mass is 430 g/mol. The Morgan fingerprint density at radius 3 is 2.79 bits per heavy atom. The number of hydrogen-bond donors (Lipinski definition) is 0. The van der Waals surface area contributed by atoms with Gasteiger partial charge in [-0.3, -0.25) is 9.69 Å². The number of thiazole rings is 1. The number of rotatable bonds is 6. The van der Waals surface area contributed by atoms with Crippen molar-refractivity contribution in [3.8, 4) is 5.75 Å². The first-order valence-electron chi connectivity index (χ1n) is 9.65. The topological polar surface area (TPSA) is 51.7 Å². The number of carbonyl (C=O) groups excluding carboxylic acids is 1. The fraction of sp³-hybridized carbons (Fsp3) is 0.364. The summed E-state index contributed by atoms with van der Waals surface area (Å²) in [5.41, 5.74) is 2.73. The van der Waals surface area contributed by atoms with Crippen molar-refractivity contribution in [3.05, 3.63) is 52.5 Å². The van der Waals surface area contributed by atoms with Gasteiger partial charge in [0.2, 0.25) is 5.91 Å². The lowest BCUT2D eigenvalue weighted by molar-refractivity contribution is -0.118. The van der Waals surface area contributed by atoms with Gasteiger partial charge in [0.25, 0.3) is 0 Å². The summed E-state index contributed by atoms with van der Waals surface area (Å²) in [6.07, 6.45) is 2.33. The summed E-state index contributed by atoms with van der Waals surface area (Å²) in [4.78, 5) is 19.8. The highest BCUT2D eigenvalue weighted by molar-refractivity contribution is 7.22. The van der Waals surface area contributed by atoms with E-state index >= 15 is 0 Å². The van der Waals surface area contributed by atoms with Gasteiger partial charge in [-0.15, -0.1) is 0 Å². The van der Waals surface area contributed by atoms with E-state index in [0.717, 1.165) is 46.5 Å². The molecule has 1 fully saturated rings. The van der Waals surface area contributed by atoms with Gasteiger partial charge in [-0.05, 0) is 55.2 Å². The Labute approximate surface area is 179 Å². The normalized spacial score (nSPS) is 16.3. The lowest BCUT2D eigenvalue weighted by Gasteiger charge is -2.23. The second-order valence-electron chi connectivity index (χ2n) is 7.18. The summed E-state index contributed by atoms with van der Waals surface area (Å²) in [7, 11) is 1.63. The molecule has 2 heterocycles. The number of anilines is 1. The highest BCUT2D eigenvalue weighted by Crippen LogP contribution is 2.34. The zero-order valence-corrected chi connectivity index (χ0v) is 18.1. The predicted octanol–water partition coefficient (Wildman–Crippen LogP) is 5.02. The summed E-state index contributed by atoms with van der Waals surface area (Å²) in [5.74, 6) is 0.782. The molecule has 1 unspecified atom stereocenters. The van der Waals surface area contributed by atoms with Gasteiger partial charge in [-0.25, -0.2) is 4.98 Å². The molecule has 7 heteroatoms. The number of methoxy groups -OCH3 is 1. The number of halogens is 1. The number of aryl methyl sites for hydroxylation is 1. The highest BCUT2D eigenvalue weighted by atomic mass is 35.5. The smallest absolute Gasteiger partial charge is 0.233 e. The fourth-order valence-corrected chi connectivity index (χ4v) is 4.70. The number of aromatic nitrogens is 1. The molecular formula is C22H23ClN2O3S. The summed E-state index contributed by atoms with van der Waals surface area (Å²) >= 11 is 7.78. The van der Waals surface area contributed by atoms with Crippen LogP contribution in [0.25, 0.3) is 10.2 Å². The molecule has 29 heavy (non-hydrogen) atoms. The minimum Gasteiger partial charge on any atom is -0.497 e. The van der Waals surface area contributed by atoms with Crippen LogP contribution in [0.4, 0.5) is 5.13 Å². The number of amides is 1. The van der Waals surface area contributed by atoms with Gasteiger partial charge in [0.15, 0.2) is 5.13 Å². The zero-order chi connectivity index (χ0) is 20.4. The third-order valence-corrected chi connectivity index (χ3v) is 6.65. The lowest BCUT2D eigenvalue weighted by Crippen LogP contribution is -2.38. The Morgan fingerprint density at radius 1 is 1.31 bits per heavy atom. The van der Waals surface area contributed by atoms with Crippen molar-refractivity contribution in [3.63, 3.8) is 0 Å². The van der Waals surface area contributed by atoms with Crippen molar-refractivity contribution in [2.45, 2.75) is 32.3 Å². The number of nitrogens with zero attached hydrogens (tertiary/aromatic N) is 2. The largest absolute Gasteiger partial charge is 0.497 e. The minimum atomic E-state index is 0.00785. The second kappa shape index (κ2) is 8.69. The molecule has 0 spiro atoms. The van der Waals surface area contributed by atoms with E-state index in [4.69, 9.17) is 26.1 Å². The molecule has 0 radical (unpaired) electrons. The molecule has 0 saturated carbocycles. The van der Waals surface area contributed by atoms with Gasteiger partial charge >= 0.3 is 0 Å². The standard InChI is InChI=1S/C22H23ClN2O3S/c1-14-18(23)9-10-19-21(14)24-22(29-19)25(13-17-4-3-11-28-17)20(26)12-15-5-7-16(27-2)8-6-15/h5-10,17H,3-4,11-13H2,1-2H3. The molecule has 3 aromatic rings. The molecule has 1 aromatic heterocycles. The van der Waals surface area contributed by atoms with Gasteiger partial charge in [0, 0.05) is 11.6 Å². The Kier molecular flexibility index (Phi) is 6.04. The maximum Gasteiger partial charge on any atom is 0.233 e. The maximum absolute atomic E-state index is 13.3. The van der Waals surface area contributed by atoms with Crippen LogP contribution < -0.4 is 9.64 Å². The summed E-state index contributed by atoms with van der Waals surface area (Å²) in [6.45, 7) is 3.22. The first-order valence-corrected chi connectivity index (χ1v) is 10.8. The van der Waals surface area contributed by atoms with Gasteiger partial charge in [-0.2, -0.15) is 0 Å². The van der Waals surface area contributed by atoms with E-state index in [1.54, 1.807) is 12.0 Å². The number of hydrogen-bond acceptors (Lipinski definition) is 5. The van der Waals surface area contributed by atoms with E-state index in [-0.39, 0.29) is 12.0 Å². The number of benzene rings is 2. The molecule has 0 aliphatic carbocycles. The average molecular weight is 431 g/mol. The SMILES string of the molecule is COc1ccc(CC(=O)N(CC2CCCO2)c2nc3c(C)c(Cl)ccc3s2)cc1. The van der Waals surface area contributed by atoms with E-state index in [1.165, 1.54) is 11.3 Å². The molecular weight excluding hydrogens is 408 g/mol. The summed E-state index contributed by atoms with van der Waals surface area (Å²) in [6, 6.07) is 11.4. The highest BCUT2D eigenvalue weighted by Gasteiger charge is 2.26. The van der Waals surface area contributed by atoms with Gasteiger partial charge in [0.1, 0.15) is 5.75 Å². The molecule has 2 aromatic carbocycles. The quantitative estimate of drug-likeness (QED) is 0.550. The number of fused-ring (bicyclic) bond motifs is 1. The van der Waals surface area contributed by atoms with Crippen molar-refractivity contribution in [2.24, 2.45) is 0 Å². The van der Waals surface area contributed by atoms with Gasteiger partial charge in [0.05, 0.1) is 36.4 Å². The summed E-state index contributed by atoms with van der Waals surface area (Å²) in [5, 5.41) is 1.38. The minimum absolute atomic E-state index is 0.00785. The molecule has 0 bridgehead atoms. The van der Waals surface area contributed by atoms with Crippen LogP contribution in [0.3, 0.4) is 0 Å². The molecule has 1 atom stereocenters. The molecule has 4 rings (SSSR count). The van der Waals surface area contributed by atoms with E-state index < -0.39 is 0 Å². The van der Waals surface area contributed by atoms with Crippen LogP contribution in [0.5, 0.6) is 5.75 Å². The van der Waals surface area contributed by atoms with Crippen molar-refractivity contribution < 1.29 is 14.3 Å². The second-order valence-corrected chi connectivity index (χ2v) is 8.60. The Balaban J connectivity index is 1.63. The van der Waals surface area contributed by atoms with Crippen molar-refractivity contribution in [2.75, 3.05) is 25.2 Å². The first-order chi connectivity index (χ1) is 14.0. The van der Waals surface area contributed by atoms with Crippen LogP contribution in [0.2, 0.25) is 5.02 Å². The van der Waals surface area contributed by atoms with Crippen molar-refractivity contribution >= 4 is 44.2 Å². The van der Waals surface area contributed by atoms with Gasteiger partial charge in [-0.1, -0.05) is 35.1 Å². The van der Waals surface area contributed by atoms with Gasteiger partial charge < -0.3 is 9.47 Å². The number of carbonyl (C=O) groups is 1. The third kappa shape index (κ3) is 4.39. The maximum atomic E-state index is 13.3. The van der Waals surface area contributed by atoms with E-state index in [9.17, 15) is 4.79 Å².